The highest BCUT2D eigenvalue weighted by atomic mass is 35.5. The molecule has 0 N–H and O–H groups in total. The van der Waals surface area contributed by atoms with Gasteiger partial charge >= 0.3 is 0 Å². The Balaban J connectivity index is 2.02. The van der Waals surface area contributed by atoms with Gasteiger partial charge < -0.3 is 4.90 Å². The molecular weight excluding hydrogens is 343 g/mol. The molecule has 3 nitrogen and oxygen atoms in total. The third kappa shape index (κ3) is 3.03. The molecule has 1 aliphatic heterocycles. The third-order valence-electron chi connectivity index (χ3n) is 4.31. The van der Waals surface area contributed by atoms with Crippen molar-refractivity contribution in [2.45, 2.75) is 44.5 Å². The lowest BCUT2D eigenvalue weighted by atomic mass is 9.94. The molecule has 0 saturated heterocycles. The van der Waals surface area contributed by atoms with Crippen LogP contribution in [0.5, 0.6) is 0 Å². The fourth-order valence-electron chi connectivity index (χ4n) is 3.28. The number of benzene rings is 1. The van der Waals surface area contributed by atoms with Crippen LogP contribution in [0.4, 0.5) is 5.69 Å². The monoisotopic (exact) mass is 362 g/mol. The lowest BCUT2D eigenvalue weighted by molar-refractivity contribution is -0.120. The van der Waals surface area contributed by atoms with Gasteiger partial charge in [0.2, 0.25) is 5.91 Å². The third-order valence-corrected chi connectivity index (χ3v) is 4.80. The van der Waals surface area contributed by atoms with E-state index in [-0.39, 0.29) is 17.4 Å². The predicted molar refractivity (Wildman–Crippen MR) is 98.9 cm³/mol. The smallest absolute Gasteiger partial charge is 0.235 e. The maximum absolute atomic E-state index is 13.1. The minimum atomic E-state index is -0.273. The number of para-hydroxylation sites is 1. The molecule has 0 saturated carbocycles. The average Bonchev–Trinajstić information content (AvgIpc) is 2.81. The van der Waals surface area contributed by atoms with Crippen LogP contribution in [0.3, 0.4) is 0 Å². The van der Waals surface area contributed by atoms with Gasteiger partial charge in [0, 0.05) is 35.4 Å². The normalized spacial score (nSPS) is 17.3. The van der Waals surface area contributed by atoms with Crippen molar-refractivity contribution >= 4 is 34.8 Å². The molecule has 0 aliphatic carbocycles. The van der Waals surface area contributed by atoms with Gasteiger partial charge in [0.15, 0.2) is 0 Å². The number of amides is 1. The number of anilines is 1. The van der Waals surface area contributed by atoms with Gasteiger partial charge in [-0.25, -0.2) is 0 Å². The van der Waals surface area contributed by atoms with Crippen LogP contribution in [0.2, 0.25) is 5.02 Å². The molecule has 5 heteroatoms. The van der Waals surface area contributed by atoms with Crippen LogP contribution in [0.15, 0.2) is 36.5 Å². The Kier molecular flexibility index (Phi) is 4.58. The van der Waals surface area contributed by atoms with E-state index in [4.69, 9.17) is 23.2 Å². The molecule has 2 heterocycles. The first-order valence-corrected chi connectivity index (χ1v) is 8.86. The van der Waals surface area contributed by atoms with Crippen LogP contribution < -0.4 is 4.90 Å². The van der Waals surface area contributed by atoms with Gasteiger partial charge in [-0.3, -0.25) is 9.78 Å². The molecule has 1 aliphatic rings. The fraction of sp³-hybridized carbons (Fsp3) is 0.368. The number of aromatic nitrogens is 1. The number of halogens is 2. The number of hydrogen-bond acceptors (Lipinski definition) is 2. The average molecular weight is 363 g/mol. The largest absolute Gasteiger partial charge is 0.306 e. The Labute approximate surface area is 152 Å². The van der Waals surface area contributed by atoms with E-state index in [2.05, 4.69) is 25.8 Å². The number of alkyl halides is 1. The van der Waals surface area contributed by atoms with Gasteiger partial charge in [-0.15, -0.1) is 11.6 Å². The second kappa shape index (κ2) is 6.38. The van der Waals surface area contributed by atoms with E-state index in [1.54, 1.807) is 6.20 Å². The van der Waals surface area contributed by atoms with Crippen molar-refractivity contribution in [1.82, 2.24) is 4.98 Å². The summed E-state index contributed by atoms with van der Waals surface area (Å²) in [7, 11) is 0. The van der Waals surface area contributed by atoms with Crippen LogP contribution in [-0.2, 0) is 17.1 Å². The molecule has 0 radical (unpaired) electrons. The number of nitrogens with zero attached hydrogens (tertiary/aromatic N) is 2. The molecule has 3 rings (SSSR count). The van der Waals surface area contributed by atoms with E-state index in [9.17, 15) is 4.79 Å². The topological polar surface area (TPSA) is 33.2 Å². The molecule has 2 aromatic rings. The Morgan fingerprint density at radius 1 is 1.25 bits per heavy atom. The zero-order chi connectivity index (χ0) is 17.5. The van der Waals surface area contributed by atoms with Crippen LogP contribution in [0.25, 0.3) is 0 Å². The summed E-state index contributed by atoms with van der Waals surface area (Å²) in [5.74, 6) is 0.200. The minimum absolute atomic E-state index is 0.112. The van der Waals surface area contributed by atoms with Crippen LogP contribution in [0.1, 0.15) is 43.5 Å². The van der Waals surface area contributed by atoms with Gasteiger partial charge in [0.05, 0.1) is 10.9 Å². The van der Waals surface area contributed by atoms with Gasteiger partial charge in [-0.05, 0) is 44.0 Å². The Morgan fingerprint density at radius 2 is 1.96 bits per heavy atom. The number of fused-ring (bicyclic) bond motifs is 1. The SMILES string of the molecule is CC(C)(C)N1C(=O)C(Cc2ncc(Cl)cc2CCl)c2ccccc21. The van der Waals surface area contributed by atoms with E-state index in [0.717, 1.165) is 22.5 Å². The van der Waals surface area contributed by atoms with Gasteiger partial charge in [-0.1, -0.05) is 29.8 Å². The maximum Gasteiger partial charge on any atom is 0.235 e. The lowest BCUT2D eigenvalue weighted by Gasteiger charge is -2.33. The zero-order valence-corrected chi connectivity index (χ0v) is 15.5. The number of carbonyl (C=O) groups excluding carboxylic acids is 1. The predicted octanol–water partition coefficient (Wildman–Crippen LogP) is 4.95. The minimum Gasteiger partial charge on any atom is -0.306 e. The summed E-state index contributed by atoms with van der Waals surface area (Å²) in [4.78, 5) is 19.4. The second-order valence-corrected chi connectivity index (χ2v) is 7.76. The number of hydrogen-bond donors (Lipinski definition) is 0. The molecule has 1 aromatic heterocycles. The van der Waals surface area contributed by atoms with Gasteiger partial charge in [0.1, 0.15) is 0 Å². The van der Waals surface area contributed by atoms with Gasteiger partial charge in [-0.2, -0.15) is 0 Å². The number of pyridine rings is 1. The second-order valence-electron chi connectivity index (χ2n) is 7.05. The fourth-order valence-corrected chi connectivity index (χ4v) is 3.70. The molecule has 1 unspecified atom stereocenters. The van der Waals surface area contributed by atoms with Crippen molar-refractivity contribution in [2.24, 2.45) is 0 Å². The summed E-state index contributed by atoms with van der Waals surface area (Å²) in [6.07, 6.45) is 2.14. The van der Waals surface area contributed by atoms with E-state index in [0.29, 0.717) is 17.3 Å². The van der Waals surface area contributed by atoms with Crippen molar-refractivity contribution in [3.63, 3.8) is 0 Å². The summed E-state index contributed by atoms with van der Waals surface area (Å²) < 4.78 is 0. The van der Waals surface area contributed by atoms with E-state index < -0.39 is 0 Å². The number of carbonyl (C=O) groups is 1. The summed E-state index contributed by atoms with van der Waals surface area (Å²) in [6.45, 7) is 6.15. The quantitative estimate of drug-likeness (QED) is 0.724. The molecule has 1 amide bonds. The first kappa shape index (κ1) is 17.2. The standard InChI is InChI=1S/C19H20Cl2N2O/c1-19(2,3)23-17-7-5-4-6-14(17)15(18(23)24)9-16-12(10-20)8-13(21)11-22-16/h4-8,11,15H,9-10H2,1-3H3. The molecular formula is C19H20Cl2N2O. The Morgan fingerprint density at radius 3 is 2.62 bits per heavy atom. The van der Waals surface area contributed by atoms with Crippen LogP contribution >= 0.6 is 23.2 Å². The molecule has 1 aromatic carbocycles. The van der Waals surface area contributed by atoms with E-state index >= 15 is 0 Å². The summed E-state index contributed by atoms with van der Waals surface area (Å²) in [6, 6.07) is 9.81. The summed E-state index contributed by atoms with van der Waals surface area (Å²) in [5.41, 5.74) is 3.48. The first-order valence-electron chi connectivity index (χ1n) is 7.95. The van der Waals surface area contributed by atoms with Crippen LogP contribution in [0, 0.1) is 0 Å². The zero-order valence-electron chi connectivity index (χ0n) is 14.0. The van der Waals surface area contributed by atoms with Crippen molar-refractivity contribution in [1.29, 1.82) is 0 Å². The van der Waals surface area contributed by atoms with E-state index in [1.165, 1.54) is 0 Å². The summed E-state index contributed by atoms with van der Waals surface area (Å²) in [5, 5.41) is 0.559. The van der Waals surface area contributed by atoms with Gasteiger partial charge in [0.25, 0.3) is 0 Å². The van der Waals surface area contributed by atoms with Crippen molar-refractivity contribution in [3.05, 3.63) is 58.4 Å². The highest BCUT2D eigenvalue weighted by Crippen LogP contribution is 2.42. The van der Waals surface area contributed by atoms with Crippen molar-refractivity contribution in [2.75, 3.05) is 4.90 Å². The van der Waals surface area contributed by atoms with Crippen molar-refractivity contribution in [3.8, 4) is 0 Å². The highest BCUT2D eigenvalue weighted by molar-refractivity contribution is 6.30. The van der Waals surface area contributed by atoms with Crippen molar-refractivity contribution < 1.29 is 4.79 Å². The van der Waals surface area contributed by atoms with E-state index in [1.807, 2.05) is 35.2 Å². The lowest BCUT2D eigenvalue weighted by Crippen LogP contribution is -2.44. The Hall–Kier alpha value is -1.58. The van der Waals surface area contributed by atoms with Crippen LogP contribution in [-0.4, -0.2) is 16.4 Å². The molecule has 0 bridgehead atoms. The molecule has 24 heavy (non-hydrogen) atoms. The first-order chi connectivity index (χ1) is 11.3. The summed E-state index contributed by atoms with van der Waals surface area (Å²) >= 11 is 12.0. The highest BCUT2D eigenvalue weighted by Gasteiger charge is 2.42. The Bertz CT molecular complexity index is 783. The molecule has 0 spiro atoms. The molecule has 1 atom stereocenters. The number of rotatable bonds is 3. The molecule has 126 valence electrons. The maximum atomic E-state index is 13.1. The molecule has 0 fully saturated rings.